The molecule has 0 unspecified atom stereocenters. The zero-order chi connectivity index (χ0) is 13.7. The van der Waals surface area contributed by atoms with Gasteiger partial charge in [-0.05, 0) is 12.5 Å². The summed E-state index contributed by atoms with van der Waals surface area (Å²) in [4.78, 5) is 16.6. The predicted octanol–water partition coefficient (Wildman–Crippen LogP) is 0.417. The lowest BCUT2D eigenvalue weighted by molar-refractivity contribution is -1.07. The quantitative estimate of drug-likeness (QED) is 0.298. The molecule has 0 rings (SSSR count). The van der Waals surface area contributed by atoms with E-state index in [0.717, 1.165) is 0 Å². The monoisotopic (exact) mass is 266 g/mol. The van der Waals surface area contributed by atoms with Crippen LogP contribution in [0, 0.1) is 0 Å². The van der Waals surface area contributed by atoms with Gasteiger partial charge in [0.15, 0.2) is 12.4 Å². The Balaban J connectivity index is 4.04. The van der Waals surface area contributed by atoms with Crippen LogP contribution in [0.1, 0.15) is 13.3 Å². The molecule has 7 heteroatoms. The summed E-state index contributed by atoms with van der Waals surface area (Å²) >= 11 is 0. The molecule has 0 radical (unpaired) electrons. The molecule has 0 spiro atoms. The molecule has 0 saturated heterocycles. The van der Waals surface area contributed by atoms with Crippen molar-refractivity contribution in [2.24, 2.45) is 0 Å². The van der Waals surface area contributed by atoms with Gasteiger partial charge in [-0.2, -0.15) is 17.9 Å². The van der Waals surface area contributed by atoms with Crippen LogP contribution >= 0.6 is 0 Å². The van der Waals surface area contributed by atoms with Crippen LogP contribution < -0.4 is 0 Å². The van der Waals surface area contributed by atoms with Gasteiger partial charge in [0.05, 0.1) is 19.8 Å². The molecule has 0 fully saturated rings. The van der Waals surface area contributed by atoms with E-state index < -0.39 is 10.1 Å². The SMILES string of the molecule is C=C(C)C(=O)CO[N+](C)(C)CCCS(=O)(=O)O. The maximum Gasteiger partial charge on any atom is 0.265 e. The van der Waals surface area contributed by atoms with Gasteiger partial charge in [-0.25, -0.2) is 0 Å². The number of hydrogen-bond acceptors (Lipinski definition) is 4. The fraction of sp³-hybridized carbons (Fsp3) is 0.700. The first kappa shape index (κ1) is 16.2. The lowest BCUT2D eigenvalue weighted by Gasteiger charge is -2.26. The van der Waals surface area contributed by atoms with E-state index >= 15 is 0 Å². The van der Waals surface area contributed by atoms with Crippen molar-refractivity contribution in [3.63, 3.8) is 0 Å². The van der Waals surface area contributed by atoms with Crippen LogP contribution in [-0.4, -0.2) is 56.4 Å². The number of ketones is 1. The lowest BCUT2D eigenvalue weighted by atomic mass is 10.2. The summed E-state index contributed by atoms with van der Waals surface area (Å²) in [7, 11) is -0.530. The van der Waals surface area contributed by atoms with Crippen LogP contribution in [0.25, 0.3) is 0 Å². The molecule has 0 saturated carbocycles. The Kier molecular flexibility index (Phi) is 5.97. The van der Waals surface area contributed by atoms with Gasteiger partial charge >= 0.3 is 0 Å². The largest absolute Gasteiger partial charge is 0.292 e. The van der Waals surface area contributed by atoms with Crippen molar-refractivity contribution >= 4 is 15.9 Å². The minimum Gasteiger partial charge on any atom is -0.292 e. The minimum absolute atomic E-state index is 0.0501. The fourth-order valence-electron chi connectivity index (χ4n) is 1.05. The van der Waals surface area contributed by atoms with Gasteiger partial charge in [-0.3, -0.25) is 9.35 Å². The second-order valence-electron chi connectivity index (χ2n) is 4.41. The predicted molar refractivity (Wildman–Crippen MR) is 63.8 cm³/mol. The third-order valence-electron chi connectivity index (χ3n) is 2.12. The molecule has 0 atom stereocenters. The smallest absolute Gasteiger partial charge is 0.265 e. The standard InChI is InChI=1S/C10H19NO5S/c1-9(2)10(12)8-16-11(3,4)6-5-7-17(13,14)15/h1,5-8H2,2-4H3/p+1. The van der Waals surface area contributed by atoms with E-state index in [9.17, 15) is 13.2 Å². The lowest BCUT2D eigenvalue weighted by Crippen LogP contribution is -2.42. The van der Waals surface area contributed by atoms with Gasteiger partial charge in [0.25, 0.3) is 10.1 Å². The zero-order valence-electron chi connectivity index (χ0n) is 10.5. The maximum atomic E-state index is 11.3. The molecule has 0 heterocycles. The third kappa shape index (κ3) is 8.99. The zero-order valence-corrected chi connectivity index (χ0v) is 11.3. The second kappa shape index (κ2) is 6.25. The summed E-state index contributed by atoms with van der Waals surface area (Å²) < 4.78 is 29.6. The van der Waals surface area contributed by atoms with Gasteiger partial charge < -0.3 is 0 Å². The summed E-state index contributed by atoms with van der Waals surface area (Å²) in [6, 6.07) is 0. The van der Waals surface area contributed by atoms with Gasteiger partial charge in [0.2, 0.25) is 0 Å². The van der Waals surface area contributed by atoms with E-state index in [-0.39, 0.29) is 29.2 Å². The van der Waals surface area contributed by atoms with Gasteiger partial charge in [-0.1, -0.05) is 6.58 Å². The average Bonchev–Trinajstić information content (AvgIpc) is 2.11. The molecule has 0 aromatic heterocycles. The number of nitrogens with zero attached hydrogens (tertiary/aromatic N) is 1. The van der Waals surface area contributed by atoms with Crippen molar-refractivity contribution in [3.05, 3.63) is 12.2 Å². The van der Waals surface area contributed by atoms with Crippen molar-refractivity contribution in [2.45, 2.75) is 13.3 Å². The first-order chi connectivity index (χ1) is 7.53. The van der Waals surface area contributed by atoms with Crippen molar-refractivity contribution < 1.29 is 27.2 Å². The van der Waals surface area contributed by atoms with Crippen molar-refractivity contribution in [1.29, 1.82) is 0 Å². The van der Waals surface area contributed by atoms with Crippen molar-refractivity contribution in [2.75, 3.05) is 33.0 Å². The number of rotatable bonds is 8. The summed E-state index contributed by atoms with van der Waals surface area (Å²) in [5.41, 5.74) is 0.419. The molecule has 0 aromatic carbocycles. The first-order valence-corrected chi connectivity index (χ1v) is 6.76. The molecule has 17 heavy (non-hydrogen) atoms. The molecule has 0 aliphatic rings. The van der Waals surface area contributed by atoms with E-state index in [1.807, 2.05) is 0 Å². The van der Waals surface area contributed by atoms with Crippen LogP contribution in [0.5, 0.6) is 0 Å². The molecule has 0 aliphatic heterocycles. The van der Waals surface area contributed by atoms with Crippen molar-refractivity contribution in [1.82, 2.24) is 0 Å². The molecular weight excluding hydrogens is 246 g/mol. The fourth-order valence-corrected chi connectivity index (χ4v) is 1.54. The number of carbonyl (C=O) groups excluding carboxylic acids is 1. The summed E-state index contributed by atoms with van der Waals surface area (Å²) in [5.74, 6) is -0.502. The third-order valence-corrected chi connectivity index (χ3v) is 2.92. The van der Waals surface area contributed by atoms with Gasteiger partial charge in [0.1, 0.15) is 6.54 Å². The molecule has 0 aliphatic carbocycles. The highest BCUT2D eigenvalue weighted by molar-refractivity contribution is 7.85. The van der Waals surface area contributed by atoms with Crippen molar-refractivity contribution in [3.8, 4) is 0 Å². The number of hydrogen-bond donors (Lipinski definition) is 1. The van der Waals surface area contributed by atoms with Gasteiger partial charge in [0, 0.05) is 6.42 Å². The molecule has 0 aromatic rings. The normalized spacial score (nSPS) is 12.5. The first-order valence-electron chi connectivity index (χ1n) is 5.15. The topological polar surface area (TPSA) is 80.7 Å². The Bertz CT molecular complexity index is 386. The van der Waals surface area contributed by atoms with Gasteiger partial charge in [-0.15, -0.1) is 0 Å². The van der Waals surface area contributed by atoms with E-state index in [1.165, 1.54) is 0 Å². The Morgan fingerprint density at radius 2 is 1.94 bits per heavy atom. The van der Waals surface area contributed by atoms with Crippen LogP contribution in [-0.2, 0) is 19.8 Å². The second-order valence-corrected chi connectivity index (χ2v) is 5.99. The van der Waals surface area contributed by atoms with Crippen LogP contribution in [0.4, 0.5) is 0 Å². The number of quaternary nitrogens is 1. The van der Waals surface area contributed by atoms with E-state index in [1.54, 1.807) is 21.0 Å². The molecular formula is C10H20NO5S+. The molecule has 0 amide bonds. The summed E-state index contributed by atoms with van der Waals surface area (Å²) in [6.07, 6.45) is 0.257. The minimum atomic E-state index is -3.94. The maximum absolute atomic E-state index is 11.3. The molecule has 100 valence electrons. The Labute approximate surface area is 102 Å². The summed E-state index contributed by atoms with van der Waals surface area (Å²) in [5, 5.41) is 0. The number of carbonyl (C=O) groups is 1. The highest BCUT2D eigenvalue weighted by Gasteiger charge is 2.20. The highest BCUT2D eigenvalue weighted by Crippen LogP contribution is 2.04. The van der Waals surface area contributed by atoms with Crippen LogP contribution in [0.15, 0.2) is 12.2 Å². The number of hydroxylamine groups is 3. The average molecular weight is 266 g/mol. The van der Waals surface area contributed by atoms with Crippen LogP contribution in [0.2, 0.25) is 0 Å². The molecule has 0 bridgehead atoms. The van der Waals surface area contributed by atoms with E-state index in [2.05, 4.69) is 6.58 Å². The Morgan fingerprint density at radius 1 is 1.41 bits per heavy atom. The number of Topliss-reactive ketones (excluding diaryl/α,β-unsaturated/α-hetero) is 1. The highest BCUT2D eigenvalue weighted by atomic mass is 32.2. The van der Waals surface area contributed by atoms with E-state index in [4.69, 9.17) is 9.39 Å². The molecule has 1 N–H and O–H groups in total. The van der Waals surface area contributed by atoms with E-state index in [0.29, 0.717) is 12.1 Å². The summed E-state index contributed by atoms with van der Waals surface area (Å²) in [6.45, 7) is 5.39. The van der Waals surface area contributed by atoms with Crippen LogP contribution in [0.3, 0.4) is 0 Å². The molecule has 6 nitrogen and oxygen atoms in total. The Morgan fingerprint density at radius 3 is 2.35 bits per heavy atom. The Hall–Kier alpha value is -0.760.